The first-order valence-electron chi connectivity index (χ1n) is 9.94. The summed E-state index contributed by atoms with van der Waals surface area (Å²) < 4.78 is 18.8. The molecule has 0 spiro atoms. The number of anilines is 1. The van der Waals surface area contributed by atoms with Crippen molar-refractivity contribution in [3.05, 3.63) is 93.4 Å². The topological polar surface area (TPSA) is 95.7 Å². The molecular formula is C26H19FN4O. The molecule has 1 aromatic heterocycles. The van der Waals surface area contributed by atoms with Gasteiger partial charge in [0.1, 0.15) is 36.1 Å². The van der Waals surface area contributed by atoms with Crippen LogP contribution in [0.25, 0.3) is 17.2 Å². The van der Waals surface area contributed by atoms with Crippen LogP contribution in [0.15, 0.2) is 54.1 Å². The predicted molar refractivity (Wildman–Crippen MR) is 121 cm³/mol. The summed E-state index contributed by atoms with van der Waals surface area (Å²) in [5, 5.41) is 19.1. The predicted octanol–water partition coefficient (Wildman–Crippen LogP) is 5.41. The van der Waals surface area contributed by atoms with Crippen molar-refractivity contribution in [2.75, 3.05) is 5.73 Å². The van der Waals surface area contributed by atoms with E-state index in [1.165, 1.54) is 12.1 Å². The Morgan fingerprint density at radius 1 is 1.03 bits per heavy atom. The molecule has 2 N–H and O–H groups in total. The molecule has 0 unspecified atom stereocenters. The molecule has 0 fully saturated rings. The lowest BCUT2D eigenvalue weighted by atomic mass is 9.95. The van der Waals surface area contributed by atoms with E-state index in [-0.39, 0.29) is 11.6 Å². The van der Waals surface area contributed by atoms with Crippen molar-refractivity contribution in [1.29, 1.82) is 10.5 Å². The van der Waals surface area contributed by atoms with Crippen LogP contribution in [0.3, 0.4) is 0 Å². The van der Waals surface area contributed by atoms with Crippen molar-refractivity contribution in [3.8, 4) is 17.9 Å². The number of benzene rings is 2. The van der Waals surface area contributed by atoms with Gasteiger partial charge >= 0.3 is 0 Å². The van der Waals surface area contributed by atoms with E-state index in [4.69, 9.17) is 10.5 Å². The largest absolute Gasteiger partial charge is 0.489 e. The molecule has 0 aliphatic heterocycles. The quantitative estimate of drug-likeness (QED) is 0.606. The average molecular weight is 422 g/mol. The van der Waals surface area contributed by atoms with Crippen LogP contribution in [0, 0.1) is 35.4 Å². The van der Waals surface area contributed by atoms with E-state index in [1.54, 1.807) is 12.1 Å². The van der Waals surface area contributed by atoms with Gasteiger partial charge in [-0.15, -0.1) is 0 Å². The minimum Gasteiger partial charge on any atom is -0.489 e. The van der Waals surface area contributed by atoms with E-state index in [0.717, 1.165) is 27.8 Å². The van der Waals surface area contributed by atoms with Crippen LogP contribution < -0.4 is 10.5 Å². The Kier molecular flexibility index (Phi) is 5.45. The van der Waals surface area contributed by atoms with Crippen LogP contribution in [-0.4, -0.2) is 4.98 Å². The van der Waals surface area contributed by atoms with Gasteiger partial charge in [0.05, 0.1) is 16.8 Å². The minimum absolute atomic E-state index is 0.133. The van der Waals surface area contributed by atoms with Crippen LogP contribution in [0.1, 0.15) is 40.4 Å². The van der Waals surface area contributed by atoms with E-state index in [2.05, 4.69) is 17.1 Å². The van der Waals surface area contributed by atoms with Gasteiger partial charge in [0, 0.05) is 5.56 Å². The van der Waals surface area contributed by atoms with Gasteiger partial charge in [-0.25, -0.2) is 9.37 Å². The summed E-state index contributed by atoms with van der Waals surface area (Å²) in [6.07, 6.45) is 1.97. The first-order chi connectivity index (χ1) is 15.4. The highest BCUT2D eigenvalue weighted by molar-refractivity contribution is 6.08. The first-order valence-corrected chi connectivity index (χ1v) is 9.94. The molecule has 0 saturated heterocycles. The number of hydrogen-bond donors (Lipinski definition) is 1. The zero-order chi connectivity index (χ0) is 22.8. The minimum atomic E-state index is -0.279. The maximum Gasteiger partial charge on any atom is 0.142 e. The zero-order valence-electron chi connectivity index (χ0n) is 17.6. The Morgan fingerprint density at radius 3 is 2.34 bits per heavy atom. The SMILES string of the molecule is CC1=C(C#N)c2nc(N)c(C#N)c(C)c2C1=Cc1ccc(OCc2ccc(F)cc2)cc1. The molecule has 0 bridgehead atoms. The Bertz CT molecular complexity index is 1360. The summed E-state index contributed by atoms with van der Waals surface area (Å²) in [6.45, 7) is 4.03. The lowest BCUT2D eigenvalue weighted by Gasteiger charge is -2.11. The molecule has 6 heteroatoms. The second-order valence-corrected chi connectivity index (χ2v) is 7.49. The van der Waals surface area contributed by atoms with Crippen molar-refractivity contribution < 1.29 is 9.13 Å². The molecular weight excluding hydrogens is 403 g/mol. The molecule has 5 nitrogen and oxygen atoms in total. The third-order valence-electron chi connectivity index (χ3n) is 5.49. The first kappa shape index (κ1) is 20.8. The molecule has 0 radical (unpaired) electrons. The lowest BCUT2D eigenvalue weighted by molar-refractivity contribution is 0.306. The molecule has 2 aromatic carbocycles. The lowest BCUT2D eigenvalue weighted by Crippen LogP contribution is -2.03. The molecule has 1 aliphatic carbocycles. The second-order valence-electron chi connectivity index (χ2n) is 7.49. The Labute approximate surface area is 185 Å². The van der Waals surface area contributed by atoms with Crippen LogP contribution >= 0.6 is 0 Å². The molecule has 32 heavy (non-hydrogen) atoms. The van der Waals surface area contributed by atoms with E-state index in [1.807, 2.05) is 44.2 Å². The molecule has 0 atom stereocenters. The highest BCUT2D eigenvalue weighted by atomic mass is 19.1. The highest BCUT2D eigenvalue weighted by Crippen LogP contribution is 2.44. The third-order valence-corrected chi connectivity index (χ3v) is 5.49. The van der Waals surface area contributed by atoms with Crippen molar-refractivity contribution in [3.63, 3.8) is 0 Å². The summed E-state index contributed by atoms with van der Waals surface area (Å²) in [7, 11) is 0. The normalized spacial score (nSPS) is 13.6. The maximum absolute atomic E-state index is 13.0. The van der Waals surface area contributed by atoms with Crippen LogP contribution in [0.2, 0.25) is 0 Å². The number of ether oxygens (including phenoxy) is 1. The van der Waals surface area contributed by atoms with Crippen molar-refractivity contribution in [2.24, 2.45) is 0 Å². The van der Waals surface area contributed by atoms with Gasteiger partial charge in [0.2, 0.25) is 0 Å². The molecule has 4 rings (SSSR count). The van der Waals surface area contributed by atoms with Gasteiger partial charge in [-0.1, -0.05) is 24.3 Å². The number of nitrogens with zero attached hydrogens (tertiary/aromatic N) is 3. The van der Waals surface area contributed by atoms with E-state index in [9.17, 15) is 14.9 Å². The van der Waals surface area contributed by atoms with Crippen LogP contribution in [0.4, 0.5) is 10.2 Å². The summed E-state index contributed by atoms with van der Waals surface area (Å²) >= 11 is 0. The van der Waals surface area contributed by atoms with Gasteiger partial charge < -0.3 is 10.5 Å². The van der Waals surface area contributed by atoms with Gasteiger partial charge in [-0.2, -0.15) is 10.5 Å². The molecule has 156 valence electrons. The van der Waals surface area contributed by atoms with Crippen LogP contribution in [-0.2, 0) is 6.61 Å². The van der Waals surface area contributed by atoms with E-state index < -0.39 is 0 Å². The zero-order valence-corrected chi connectivity index (χ0v) is 17.6. The Balaban J connectivity index is 1.64. The fourth-order valence-corrected chi connectivity index (χ4v) is 3.77. The monoisotopic (exact) mass is 422 g/mol. The second kappa shape index (κ2) is 8.37. The van der Waals surface area contributed by atoms with Crippen molar-refractivity contribution in [2.45, 2.75) is 20.5 Å². The number of allylic oxidation sites excluding steroid dienone is 3. The number of fused-ring (bicyclic) bond motifs is 1. The van der Waals surface area contributed by atoms with Gasteiger partial charge in [0.15, 0.2) is 0 Å². The summed E-state index contributed by atoms with van der Waals surface area (Å²) in [4.78, 5) is 4.34. The van der Waals surface area contributed by atoms with Gasteiger partial charge in [-0.3, -0.25) is 0 Å². The highest BCUT2D eigenvalue weighted by Gasteiger charge is 2.29. The fraction of sp³-hybridized carbons (Fsp3) is 0.115. The molecule has 0 amide bonds. The summed E-state index contributed by atoms with van der Waals surface area (Å²) in [5.41, 5.74) is 12.2. The Hall–Kier alpha value is -4.42. The molecule has 3 aromatic rings. The smallest absolute Gasteiger partial charge is 0.142 e. The number of nitrogens with two attached hydrogens (primary N) is 1. The number of nitrogen functional groups attached to an aromatic ring is 1. The number of hydrogen-bond acceptors (Lipinski definition) is 5. The summed E-state index contributed by atoms with van der Waals surface area (Å²) in [6, 6.07) is 18.0. The van der Waals surface area contributed by atoms with Gasteiger partial charge in [-0.05, 0) is 72.0 Å². The van der Waals surface area contributed by atoms with Crippen LogP contribution in [0.5, 0.6) is 5.75 Å². The molecule has 1 heterocycles. The maximum atomic E-state index is 13.0. The summed E-state index contributed by atoms with van der Waals surface area (Å²) in [5.74, 6) is 0.539. The Morgan fingerprint density at radius 2 is 1.72 bits per heavy atom. The third kappa shape index (κ3) is 3.71. The number of rotatable bonds is 4. The van der Waals surface area contributed by atoms with Gasteiger partial charge in [0.25, 0.3) is 0 Å². The number of pyridine rings is 1. The average Bonchev–Trinajstić information content (AvgIpc) is 3.05. The number of aromatic nitrogens is 1. The standard InChI is InChI=1S/C26H19FN4O/c1-15-21(24-16(2)23(13-29)26(30)31-25(24)22(15)12-28)11-17-5-9-20(10-6-17)32-14-18-3-7-19(27)8-4-18/h3-11H,14H2,1-2H3,(H2,30,31). The number of halogens is 1. The van der Waals surface area contributed by atoms with E-state index >= 15 is 0 Å². The fourth-order valence-electron chi connectivity index (χ4n) is 3.77. The molecule has 1 aliphatic rings. The number of nitriles is 2. The van der Waals surface area contributed by atoms with E-state index in [0.29, 0.717) is 34.8 Å². The van der Waals surface area contributed by atoms with Crippen molar-refractivity contribution in [1.82, 2.24) is 4.98 Å². The van der Waals surface area contributed by atoms with Crippen molar-refractivity contribution >= 4 is 23.0 Å². The molecule has 0 saturated carbocycles.